The molecular formula is C22H18ClN3O. The molecule has 0 saturated heterocycles. The molecule has 4 nitrogen and oxygen atoms in total. The monoisotopic (exact) mass is 375 g/mol. The average Bonchev–Trinajstić information content (AvgIpc) is 2.70. The Balaban J connectivity index is 1.95. The van der Waals surface area contributed by atoms with Gasteiger partial charge >= 0.3 is 0 Å². The maximum Gasteiger partial charge on any atom is 0.261 e. The predicted octanol–water partition coefficient (Wildman–Crippen LogP) is 4.22. The quantitative estimate of drug-likeness (QED) is 0.580. The third kappa shape index (κ3) is 3.50. The Morgan fingerprint density at radius 2 is 1.70 bits per heavy atom. The fourth-order valence-electron chi connectivity index (χ4n) is 3.19. The van der Waals surface area contributed by atoms with E-state index in [0.29, 0.717) is 34.8 Å². The highest BCUT2D eigenvalue weighted by molar-refractivity contribution is 6.31. The molecule has 0 aliphatic rings. The average molecular weight is 376 g/mol. The van der Waals surface area contributed by atoms with Gasteiger partial charge in [-0.3, -0.25) is 9.36 Å². The van der Waals surface area contributed by atoms with Crippen molar-refractivity contribution in [3.63, 3.8) is 0 Å². The summed E-state index contributed by atoms with van der Waals surface area (Å²) in [6.45, 7) is 0.880. The summed E-state index contributed by atoms with van der Waals surface area (Å²) in [6.07, 6.45) is 0. The SMILES string of the molecule is NCc1cccc(Cn2c(-c3ccccc3)nc3cc(Cl)ccc3c2=O)c1. The van der Waals surface area contributed by atoms with Crippen molar-refractivity contribution in [3.8, 4) is 11.4 Å². The van der Waals surface area contributed by atoms with Crippen LogP contribution in [0, 0.1) is 0 Å². The number of aromatic nitrogens is 2. The zero-order chi connectivity index (χ0) is 18.8. The van der Waals surface area contributed by atoms with Gasteiger partial charge in [-0.15, -0.1) is 0 Å². The molecule has 27 heavy (non-hydrogen) atoms. The molecule has 1 heterocycles. The van der Waals surface area contributed by atoms with Gasteiger partial charge in [0.15, 0.2) is 0 Å². The summed E-state index contributed by atoms with van der Waals surface area (Å²) >= 11 is 6.11. The van der Waals surface area contributed by atoms with Crippen LogP contribution in [0.2, 0.25) is 5.02 Å². The first-order valence-corrected chi connectivity index (χ1v) is 9.07. The molecule has 0 bridgehead atoms. The number of rotatable bonds is 4. The van der Waals surface area contributed by atoms with Crippen molar-refractivity contribution in [2.75, 3.05) is 0 Å². The molecule has 1 aromatic heterocycles. The van der Waals surface area contributed by atoms with Gasteiger partial charge in [0.2, 0.25) is 0 Å². The molecule has 4 rings (SSSR count). The van der Waals surface area contributed by atoms with Crippen molar-refractivity contribution in [3.05, 3.63) is 99.3 Å². The molecule has 3 aromatic carbocycles. The standard InChI is InChI=1S/C22H18ClN3O/c23-18-9-10-19-20(12-18)25-21(17-7-2-1-3-8-17)26(22(19)27)14-16-6-4-5-15(11-16)13-24/h1-12H,13-14,24H2. The van der Waals surface area contributed by atoms with E-state index in [4.69, 9.17) is 22.3 Å². The maximum atomic E-state index is 13.2. The highest BCUT2D eigenvalue weighted by atomic mass is 35.5. The molecule has 0 amide bonds. The number of benzene rings is 3. The van der Waals surface area contributed by atoms with Gasteiger partial charge in [0.1, 0.15) is 5.82 Å². The number of halogens is 1. The second-order valence-corrected chi connectivity index (χ2v) is 6.81. The minimum atomic E-state index is -0.0892. The lowest BCUT2D eigenvalue weighted by atomic mass is 10.1. The van der Waals surface area contributed by atoms with Gasteiger partial charge in [-0.25, -0.2) is 4.98 Å². The van der Waals surface area contributed by atoms with E-state index >= 15 is 0 Å². The molecule has 5 heteroatoms. The van der Waals surface area contributed by atoms with E-state index < -0.39 is 0 Å². The number of hydrogen-bond acceptors (Lipinski definition) is 3. The molecule has 0 fully saturated rings. The summed E-state index contributed by atoms with van der Waals surface area (Å²) in [4.78, 5) is 18.0. The number of fused-ring (bicyclic) bond motifs is 1. The van der Waals surface area contributed by atoms with Gasteiger partial charge in [0, 0.05) is 17.1 Å². The van der Waals surface area contributed by atoms with Crippen molar-refractivity contribution < 1.29 is 0 Å². The molecule has 0 atom stereocenters. The lowest BCUT2D eigenvalue weighted by Crippen LogP contribution is -2.24. The maximum absolute atomic E-state index is 13.2. The van der Waals surface area contributed by atoms with Gasteiger partial charge in [-0.05, 0) is 29.3 Å². The predicted molar refractivity (Wildman–Crippen MR) is 110 cm³/mol. The normalized spacial score (nSPS) is 11.0. The summed E-state index contributed by atoms with van der Waals surface area (Å²) in [5.41, 5.74) is 9.18. The largest absolute Gasteiger partial charge is 0.326 e. The second-order valence-electron chi connectivity index (χ2n) is 6.38. The Kier molecular flexibility index (Phi) is 4.75. The Labute approximate surface area is 161 Å². The van der Waals surface area contributed by atoms with Gasteiger partial charge in [-0.1, -0.05) is 66.2 Å². The van der Waals surface area contributed by atoms with E-state index in [9.17, 15) is 4.79 Å². The van der Waals surface area contributed by atoms with Crippen molar-refractivity contribution in [1.29, 1.82) is 0 Å². The molecule has 0 saturated carbocycles. The van der Waals surface area contributed by atoms with Crippen molar-refractivity contribution >= 4 is 22.5 Å². The first kappa shape index (κ1) is 17.5. The third-order valence-electron chi connectivity index (χ3n) is 4.52. The van der Waals surface area contributed by atoms with Gasteiger partial charge in [0.05, 0.1) is 17.4 Å². The zero-order valence-corrected chi connectivity index (χ0v) is 15.4. The van der Waals surface area contributed by atoms with Gasteiger partial charge in [-0.2, -0.15) is 0 Å². The van der Waals surface area contributed by atoms with Crippen LogP contribution in [0.15, 0.2) is 77.6 Å². The van der Waals surface area contributed by atoms with Gasteiger partial charge in [0.25, 0.3) is 5.56 Å². The minimum Gasteiger partial charge on any atom is -0.326 e. The fourth-order valence-corrected chi connectivity index (χ4v) is 3.35. The first-order valence-electron chi connectivity index (χ1n) is 8.69. The Morgan fingerprint density at radius 1 is 0.926 bits per heavy atom. The van der Waals surface area contributed by atoms with Crippen LogP contribution in [-0.2, 0) is 13.1 Å². The Hall–Kier alpha value is -2.95. The molecule has 4 aromatic rings. The fraction of sp³-hybridized carbons (Fsp3) is 0.0909. The molecule has 0 radical (unpaired) electrons. The van der Waals surface area contributed by atoms with E-state index in [1.807, 2.05) is 54.6 Å². The van der Waals surface area contributed by atoms with E-state index in [0.717, 1.165) is 16.7 Å². The lowest BCUT2D eigenvalue weighted by Gasteiger charge is -2.14. The summed E-state index contributed by atoms with van der Waals surface area (Å²) in [6, 6.07) is 22.8. The molecule has 134 valence electrons. The van der Waals surface area contributed by atoms with Crippen LogP contribution >= 0.6 is 11.6 Å². The molecule has 0 aliphatic heterocycles. The van der Waals surface area contributed by atoms with Crippen LogP contribution in [0.3, 0.4) is 0 Å². The smallest absolute Gasteiger partial charge is 0.261 e. The molecular weight excluding hydrogens is 358 g/mol. The Morgan fingerprint density at radius 3 is 2.48 bits per heavy atom. The van der Waals surface area contributed by atoms with Crippen molar-refractivity contribution in [1.82, 2.24) is 9.55 Å². The van der Waals surface area contributed by atoms with Crippen molar-refractivity contribution in [2.24, 2.45) is 5.73 Å². The highest BCUT2D eigenvalue weighted by Gasteiger charge is 2.13. The number of nitrogens with zero attached hydrogens (tertiary/aromatic N) is 2. The summed E-state index contributed by atoms with van der Waals surface area (Å²) in [5, 5.41) is 1.11. The lowest BCUT2D eigenvalue weighted by molar-refractivity contribution is 0.758. The van der Waals surface area contributed by atoms with Crippen LogP contribution in [0.25, 0.3) is 22.3 Å². The molecule has 0 unspecified atom stereocenters. The van der Waals surface area contributed by atoms with E-state index in [2.05, 4.69) is 0 Å². The topological polar surface area (TPSA) is 60.9 Å². The molecule has 0 aliphatic carbocycles. The van der Waals surface area contributed by atoms with Gasteiger partial charge < -0.3 is 5.73 Å². The highest BCUT2D eigenvalue weighted by Crippen LogP contribution is 2.22. The summed E-state index contributed by atoms with van der Waals surface area (Å²) in [5.74, 6) is 0.619. The first-order chi connectivity index (χ1) is 13.2. The molecule has 0 spiro atoms. The van der Waals surface area contributed by atoms with Crippen molar-refractivity contribution in [2.45, 2.75) is 13.1 Å². The zero-order valence-electron chi connectivity index (χ0n) is 14.6. The second kappa shape index (κ2) is 7.35. The van der Waals surface area contributed by atoms with Crippen LogP contribution in [0.5, 0.6) is 0 Å². The van der Waals surface area contributed by atoms with Crippen LogP contribution in [0.1, 0.15) is 11.1 Å². The van der Waals surface area contributed by atoms with Crippen LogP contribution < -0.4 is 11.3 Å². The third-order valence-corrected chi connectivity index (χ3v) is 4.75. The van der Waals surface area contributed by atoms with Crippen LogP contribution in [0.4, 0.5) is 0 Å². The van der Waals surface area contributed by atoms with Crippen LogP contribution in [-0.4, -0.2) is 9.55 Å². The number of hydrogen-bond donors (Lipinski definition) is 1. The Bertz CT molecular complexity index is 1170. The number of nitrogens with two attached hydrogens (primary N) is 1. The minimum absolute atomic E-state index is 0.0892. The summed E-state index contributed by atoms with van der Waals surface area (Å²) < 4.78 is 1.71. The molecule has 2 N–H and O–H groups in total. The van der Waals surface area contributed by atoms with E-state index in [-0.39, 0.29) is 5.56 Å². The summed E-state index contributed by atoms with van der Waals surface area (Å²) in [7, 11) is 0. The van der Waals surface area contributed by atoms with E-state index in [1.54, 1.807) is 22.8 Å². The van der Waals surface area contributed by atoms with E-state index in [1.165, 1.54) is 0 Å².